The summed E-state index contributed by atoms with van der Waals surface area (Å²) in [5, 5.41) is 9.89. The Kier molecular flexibility index (Phi) is 4.21. The molecule has 0 saturated carbocycles. The third kappa shape index (κ3) is 2.94. The third-order valence-electron chi connectivity index (χ3n) is 7.62. The Morgan fingerprint density at radius 3 is 1.92 bits per heavy atom. The highest BCUT2D eigenvalue weighted by atomic mass is 15.0. The van der Waals surface area contributed by atoms with Crippen LogP contribution >= 0.6 is 0 Å². The van der Waals surface area contributed by atoms with E-state index in [2.05, 4.69) is 138 Å². The van der Waals surface area contributed by atoms with Crippen LogP contribution in [0.25, 0.3) is 70.9 Å². The van der Waals surface area contributed by atoms with Crippen LogP contribution in [0.4, 0.5) is 0 Å². The summed E-state index contributed by atoms with van der Waals surface area (Å²) in [6.45, 7) is 0. The molecule has 0 bridgehead atoms. The maximum Gasteiger partial charge on any atom is 0.0541 e. The number of nitrogens with zero attached hydrogens (tertiary/aromatic N) is 1. The minimum absolute atomic E-state index is 1.13. The molecule has 0 amide bonds. The van der Waals surface area contributed by atoms with Gasteiger partial charge in [-0.1, -0.05) is 91.0 Å². The van der Waals surface area contributed by atoms with Gasteiger partial charge >= 0.3 is 0 Å². The Morgan fingerprint density at radius 1 is 0.432 bits per heavy atom. The van der Waals surface area contributed by atoms with Crippen LogP contribution in [0.5, 0.6) is 0 Å². The van der Waals surface area contributed by atoms with Gasteiger partial charge in [0.25, 0.3) is 0 Å². The second-order valence-electron chi connectivity index (χ2n) is 9.62. The van der Waals surface area contributed by atoms with Gasteiger partial charge in [-0.2, -0.15) is 0 Å². The lowest BCUT2D eigenvalue weighted by molar-refractivity contribution is 1.18. The first kappa shape index (κ1) is 20.2. The van der Waals surface area contributed by atoms with E-state index < -0.39 is 0 Å². The molecule has 0 unspecified atom stereocenters. The average molecular weight is 468 g/mol. The summed E-state index contributed by atoms with van der Waals surface area (Å²) in [4.78, 5) is 0. The summed E-state index contributed by atoms with van der Waals surface area (Å²) in [5.74, 6) is 0. The molecule has 0 saturated heterocycles. The van der Waals surface area contributed by atoms with Crippen LogP contribution in [0.3, 0.4) is 0 Å². The lowest BCUT2D eigenvalue weighted by Crippen LogP contribution is -1.92. The van der Waals surface area contributed by atoms with Crippen LogP contribution in [-0.2, 0) is 0 Å². The zero-order valence-electron chi connectivity index (χ0n) is 20.1. The standard InChI is InChI=1S/C36H21N/c1-2-10-26(11-3-1)37-35-17-9-8-16-32(35)34-23-25(19-21-36(34)37)24-18-20-31-29-14-5-4-12-27(29)28-13-6-7-15-30(28)33(31)22-24/h1-5,7-12,14-23H. The monoisotopic (exact) mass is 467 g/mol. The number of fused-ring (bicyclic) bond motifs is 9. The summed E-state index contributed by atoms with van der Waals surface area (Å²) in [5.41, 5.74) is 6.06. The summed E-state index contributed by atoms with van der Waals surface area (Å²) < 4.78 is 2.36. The average Bonchev–Trinajstić information content (AvgIpc) is 3.31. The minimum atomic E-state index is 1.13. The molecular formula is C36H21N. The topological polar surface area (TPSA) is 4.93 Å². The minimum Gasteiger partial charge on any atom is -0.309 e. The molecule has 0 aliphatic rings. The molecule has 7 aromatic carbocycles. The zero-order chi connectivity index (χ0) is 24.3. The maximum absolute atomic E-state index is 3.38. The summed E-state index contributed by atoms with van der Waals surface area (Å²) in [6, 6.07) is 52.3. The van der Waals surface area contributed by atoms with E-state index in [0.717, 1.165) is 5.39 Å². The number of hydrogen-bond acceptors (Lipinski definition) is 0. The fourth-order valence-corrected chi connectivity index (χ4v) is 5.95. The molecule has 1 heteroatoms. The molecule has 8 rings (SSSR count). The van der Waals surface area contributed by atoms with Gasteiger partial charge in [-0.15, -0.1) is 0 Å². The molecule has 0 aliphatic carbocycles. The summed E-state index contributed by atoms with van der Waals surface area (Å²) in [6.07, 6.45) is 0. The number of hydrogen-bond donors (Lipinski definition) is 0. The first-order valence-corrected chi connectivity index (χ1v) is 12.6. The lowest BCUT2D eigenvalue weighted by Gasteiger charge is -2.11. The van der Waals surface area contributed by atoms with Crippen LogP contribution in [0.15, 0.2) is 127 Å². The van der Waals surface area contributed by atoms with E-state index in [1.807, 2.05) is 6.07 Å². The first-order chi connectivity index (χ1) is 18.4. The van der Waals surface area contributed by atoms with Crippen molar-refractivity contribution in [1.82, 2.24) is 4.57 Å². The second kappa shape index (κ2) is 7.72. The van der Waals surface area contributed by atoms with E-state index in [4.69, 9.17) is 0 Å². The van der Waals surface area contributed by atoms with Crippen molar-refractivity contribution in [2.75, 3.05) is 0 Å². The SMILES string of the molecule is c1ccc2c(c#1)c1ccccc1c1ccc(-c3ccc4c(c3)c3ccccc3n4-c3ccccc3)cc21. The fraction of sp³-hybridized carbons (Fsp3) is 0. The number of aromatic nitrogens is 1. The molecule has 0 fully saturated rings. The van der Waals surface area contributed by atoms with Crippen LogP contribution < -0.4 is 0 Å². The van der Waals surface area contributed by atoms with Crippen molar-refractivity contribution in [3.63, 3.8) is 0 Å². The Balaban J connectivity index is 1.40. The Bertz CT molecular complexity index is 2100. The fourth-order valence-electron chi connectivity index (χ4n) is 5.95. The molecule has 0 radical (unpaired) electrons. The van der Waals surface area contributed by atoms with Crippen LogP contribution in [0, 0.1) is 12.1 Å². The highest BCUT2D eigenvalue weighted by molar-refractivity contribution is 6.25. The highest BCUT2D eigenvalue weighted by Crippen LogP contribution is 2.38. The van der Waals surface area contributed by atoms with Crippen molar-refractivity contribution in [3.8, 4) is 16.8 Å². The second-order valence-corrected chi connectivity index (χ2v) is 9.62. The quantitative estimate of drug-likeness (QED) is 0.223. The molecule has 8 aromatic rings. The Hall–Kier alpha value is -5.06. The third-order valence-corrected chi connectivity index (χ3v) is 7.62. The van der Waals surface area contributed by atoms with Gasteiger partial charge in [0.2, 0.25) is 0 Å². The van der Waals surface area contributed by atoms with Gasteiger partial charge in [-0.05, 0) is 86.6 Å². The van der Waals surface area contributed by atoms with Crippen molar-refractivity contribution < 1.29 is 0 Å². The van der Waals surface area contributed by atoms with Crippen molar-refractivity contribution >= 4 is 54.1 Å². The van der Waals surface area contributed by atoms with Gasteiger partial charge in [0.15, 0.2) is 0 Å². The number of benzene rings is 6. The van der Waals surface area contributed by atoms with E-state index >= 15 is 0 Å². The van der Waals surface area contributed by atoms with E-state index in [1.165, 1.54) is 65.6 Å². The smallest absolute Gasteiger partial charge is 0.0541 e. The van der Waals surface area contributed by atoms with Gasteiger partial charge in [0.1, 0.15) is 0 Å². The van der Waals surface area contributed by atoms with Crippen molar-refractivity contribution in [1.29, 1.82) is 0 Å². The first-order valence-electron chi connectivity index (χ1n) is 12.6. The predicted octanol–water partition coefficient (Wildman–Crippen LogP) is 9.51. The van der Waals surface area contributed by atoms with Gasteiger partial charge in [0.05, 0.1) is 11.0 Å². The van der Waals surface area contributed by atoms with Crippen molar-refractivity contribution in [3.05, 3.63) is 140 Å². The number of para-hydroxylation sites is 2. The van der Waals surface area contributed by atoms with E-state index in [0.29, 0.717) is 0 Å². The Labute approximate surface area is 214 Å². The van der Waals surface area contributed by atoms with E-state index in [1.54, 1.807) is 0 Å². The normalized spacial score (nSPS) is 11.6. The highest BCUT2D eigenvalue weighted by Gasteiger charge is 2.14. The molecular weight excluding hydrogens is 446 g/mol. The molecule has 1 nitrogen and oxygen atoms in total. The van der Waals surface area contributed by atoms with Crippen LogP contribution in [0.1, 0.15) is 0 Å². The molecule has 170 valence electrons. The lowest BCUT2D eigenvalue weighted by atomic mass is 9.92. The molecule has 0 aliphatic heterocycles. The molecule has 1 aromatic heterocycles. The Morgan fingerprint density at radius 2 is 1.05 bits per heavy atom. The maximum atomic E-state index is 3.38. The van der Waals surface area contributed by atoms with Gasteiger partial charge in [0, 0.05) is 21.8 Å². The van der Waals surface area contributed by atoms with Crippen LogP contribution in [0.2, 0.25) is 0 Å². The molecule has 0 N–H and O–H groups in total. The molecule has 37 heavy (non-hydrogen) atoms. The van der Waals surface area contributed by atoms with Gasteiger partial charge in [-0.25, -0.2) is 0 Å². The summed E-state index contributed by atoms with van der Waals surface area (Å²) >= 11 is 0. The van der Waals surface area contributed by atoms with E-state index in [9.17, 15) is 0 Å². The van der Waals surface area contributed by atoms with Crippen LogP contribution in [-0.4, -0.2) is 4.57 Å². The van der Waals surface area contributed by atoms with Crippen molar-refractivity contribution in [2.24, 2.45) is 0 Å². The molecule has 0 atom stereocenters. The van der Waals surface area contributed by atoms with E-state index in [-0.39, 0.29) is 0 Å². The largest absolute Gasteiger partial charge is 0.309 e. The summed E-state index contributed by atoms with van der Waals surface area (Å²) in [7, 11) is 0. The van der Waals surface area contributed by atoms with Gasteiger partial charge in [-0.3, -0.25) is 0 Å². The zero-order valence-corrected chi connectivity index (χ0v) is 20.1. The van der Waals surface area contributed by atoms with Crippen molar-refractivity contribution in [2.45, 2.75) is 0 Å². The molecule has 0 spiro atoms. The van der Waals surface area contributed by atoms with Gasteiger partial charge < -0.3 is 4.57 Å². The number of rotatable bonds is 2. The molecule has 1 heterocycles. The predicted molar refractivity (Wildman–Crippen MR) is 156 cm³/mol.